The lowest BCUT2D eigenvalue weighted by molar-refractivity contribution is -0.149. The fraction of sp³-hybridized carbons (Fsp3) is 0.542. The van der Waals surface area contributed by atoms with Crippen LogP contribution in [0.1, 0.15) is 30.7 Å². The second-order valence-corrected chi connectivity index (χ2v) is 7.97. The molecule has 6 nitrogen and oxygen atoms in total. The molecule has 0 N–H and O–H groups in total. The first kappa shape index (κ1) is 22.5. The van der Waals surface area contributed by atoms with Crippen LogP contribution < -0.4 is 0 Å². The molecule has 0 spiro atoms. The van der Waals surface area contributed by atoms with Crippen molar-refractivity contribution in [3.8, 4) is 0 Å². The quantitative estimate of drug-likeness (QED) is 0.561. The Bertz CT molecular complexity index is 798. The first-order valence-electron chi connectivity index (χ1n) is 11.0. The number of nitrogens with zero attached hydrogens (tertiary/aromatic N) is 3. The average Bonchev–Trinajstić information content (AvgIpc) is 3.18. The van der Waals surface area contributed by atoms with Gasteiger partial charge in [0.25, 0.3) is 0 Å². The minimum Gasteiger partial charge on any atom is -0.465 e. The second kappa shape index (κ2) is 11.3. The number of aryl methyl sites for hydroxylation is 1. The Labute approximate surface area is 180 Å². The highest BCUT2D eigenvalue weighted by Crippen LogP contribution is 2.14. The molecule has 1 aliphatic rings. The van der Waals surface area contributed by atoms with Crippen molar-refractivity contribution < 1.29 is 14.3 Å². The minimum atomic E-state index is -0.284. The van der Waals surface area contributed by atoms with Crippen molar-refractivity contribution in [1.82, 2.24) is 14.4 Å². The van der Waals surface area contributed by atoms with Gasteiger partial charge in [0.05, 0.1) is 19.8 Å². The number of carbonyl (C=O) groups is 1. The van der Waals surface area contributed by atoms with E-state index in [0.717, 1.165) is 45.9 Å². The van der Waals surface area contributed by atoms with Crippen molar-refractivity contribution in [2.45, 2.75) is 39.9 Å². The van der Waals surface area contributed by atoms with Gasteiger partial charge in [-0.05, 0) is 38.5 Å². The predicted molar refractivity (Wildman–Crippen MR) is 118 cm³/mol. The van der Waals surface area contributed by atoms with Crippen molar-refractivity contribution in [2.75, 3.05) is 46.0 Å². The number of benzene rings is 1. The molecule has 0 bridgehead atoms. The van der Waals surface area contributed by atoms with Gasteiger partial charge in [-0.25, -0.2) is 0 Å². The third-order valence-corrected chi connectivity index (χ3v) is 5.71. The second-order valence-electron chi connectivity index (χ2n) is 7.97. The zero-order valence-corrected chi connectivity index (χ0v) is 18.5. The maximum absolute atomic E-state index is 12.5. The van der Waals surface area contributed by atoms with Crippen LogP contribution >= 0.6 is 0 Å². The number of hydrogen-bond acceptors (Lipinski definition) is 5. The van der Waals surface area contributed by atoms with E-state index in [1.165, 1.54) is 16.8 Å². The molecule has 0 aliphatic carbocycles. The molecule has 2 aromatic rings. The maximum atomic E-state index is 12.5. The van der Waals surface area contributed by atoms with Gasteiger partial charge in [-0.15, -0.1) is 0 Å². The third kappa shape index (κ3) is 6.42. The molecule has 1 fully saturated rings. The summed E-state index contributed by atoms with van der Waals surface area (Å²) in [4.78, 5) is 17.1. The summed E-state index contributed by atoms with van der Waals surface area (Å²) in [6.07, 6.45) is 2.12. The first-order chi connectivity index (χ1) is 14.6. The van der Waals surface area contributed by atoms with E-state index in [1.54, 1.807) is 0 Å². The van der Waals surface area contributed by atoms with Crippen LogP contribution in [0, 0.1) is 6.92 Å². The topological polar surface area (TPSA) is 46.9 Å². The fourth-order valence-corrected chi connectivity index (χ4v) is 3.88. The van der Waals surface area contributed by atoms with Crippen LogP contribution in [0.25, 0.3) is 0 Å². The van der Waals surface area contributed by atoms with Gasteiger partial charge in [0, 0.05) is 51.2 Å². The molecule has 0 saturated carbocycles. The van der Waals surface area contributed by atoms with E-state index in [0.29, 0.717) is 13.2 Å². The van der Waals surface area contributed by atoms with Crippen LogP contribution in [0.3, 0.4) is 0 Å². The molecule has 3 rings (SSSR count). The molecule has 1 aromatic carbocycles. The molecule has 0 amide bonds. The molecule has 164 valence electrons. The van der Waals surface area contributed by atoms with Gasteiger partial charge >= 0.3 is 5.97 Å². The molecule has 1 aliphatic heterocycles. The van der Waals surface area contributed by atoms with Crippen LogP contribution in [0.15, 0.2) is 42.6 Å². The average molecular weight is 414 g/mol. The van der Waals surface area contributed by atoms with E-state index in [1.807, 2.05) is 13.8 Å². The Hall–Kier alpha value is -2.15. The number of hydrogen-bond donors (Lipinski definition) is 0. The Kier molecular flexibility index (Phi) is 8.49. The zero-order chi connectivity index (χ0) is 21.3. The molecule has 2 heterocycles. The van der Waals surface area contributed by atoms with Crippen molar-refractivity contribution >= 4 is 5.97 Å². The van der Waals surface area contributed by atoms with E-state index in [4.69, 9.17) is 9.47 Å². The summed E-state index contributed by atoms with van der Waals surface area (Å²) >= 11 is 0. The summed E-state index contributed by atoms with van der Waals surface area (Å²) in [7, 11) is 0. The van der Waals surface area contributed by atoms with Gasteiger partial charge < -0.3 is 14.0 Å². The molecule has 30 heavy (non-hydrogen) atoms. The van der Waals surface area contributed by atoms with Crippen molar-refractivity contribution in [3.63, 3.8) is 0 Å². The summed E-state index contributed by atoms with van der Waals surface area (Å²) in [6.45, 7) is 13.1. The highest BCUT2D eigenvalue weighted by Gasteiger charge is 2.24. The normalized spacial score (nSPS) is 16.0. The van der Waals surface area contributed by atoms with Gasteiger partial charge in [-0.2, -0.15) is 0 Å². The number of carbonyl (C=O) groups excluding carboxylic acids is 1. The number of ether oxygens (including phenoxy) is 2. The smallest absolute Gasteiger partial charge is 0.323 e. The molecule has 1 saturated heterocycles. The lowest BCUT2D eigenvalue weighted by Gasteiger charge is -2.32. The highest BCUT2D eigenvalue weighted by molar-refractivity contribution is 5.75. The van der Waals surface area contributed by atoms with Crippen LogP contribution in [0.4, 0.5) is 0 Å². The molecule has 1 atom stereocenters. The standard InChI is InChI=1S/C24H35N3O3/c1-4-30-24(28)21(3)26(12-11-25-13-15-29-16-14-25)19-23-9-6-10-27(23)18-22-8-5-7-20(2)17-22/h5-10,17,21H,4,11-16,18-19H2,1-3H3/t21-/m1/s1. The molecule has 1 aromatic heterocycles. The van der Waals surface area contributed by atoms with E-state index in [9.17, 15) is 4.79 Å². The van der Waals surface area contributed by atoms with E-state index >= 15 is 0 Å². The maximum Gasteiger partial charge on any atom is 0.323 e. The van der Waals surface area contributed by atoms with Crippen LogP contribution in [-0.4, -0.2) is 72.4 Å². The Balaban J connectivity index is 1.70. The summed E-state index contributed by atoms with van der Waals surface area (Å²) in [6, 6.07) is 12.6. The molecule has 0 radical (unpaired) electrons. The van der Waals surface area contributed by atoms with Crippen molar-refractivity contribution in [1.29, 1.82) is 0 Å². The first-order valence-corrected chi connectivity index (χ1v) is 11.0. The van der Waals surface area contributed by atoms with Crippen LogP contribution in [0.5, 0.6) is 0 Å². The van der Waals surface area contributed by atoms with E-state index in [2.05, 4.69) is 63.9 Å². The van der Waals surface area contributed by atoms with Crippen molar-refractivity contribution in [3.05, 3.63) is 59.4 Å². The number of esters is 1. The highest BCUT2D eigenvalue weighted by atomic mass is 16.5. The third-order valence-electron chi connectivity index (χ3n) is 5.71. The Morgan fingerprint density at radius 1 is 1.23 bits per heavy atom. The van der Waals surface area contributed by atoms with E-state index in [-0.39, 0.29) is 12.0 Å². The number of morpholine rings is 1. The Morgan fingerprint density at radius 2 is 2.03 bits per heavy atom. The van der Waals surface area contributed by atoms with Gasteiger partial charge in [0.1, 0.15) is 6.04 Å². The summed E-state index contributed by atoms with van der Waals surface area (Å²) in [5.74, 6) is -0.156. The Morgan fingerprint density at radius 3 is 2.77 bits per heavy atom. The van der Waals surface area contributed by atoms with Crippen LogP contribution in [0.2, 0.25) is 0 Å². The summed E-state index contributed by atoms with van der Waals surface area (Å²) in [5, 5.41) is 0. The summed E-state index contributed by atoms with van der Waals surface area (Å²) < 4.78 is 13.0. The number of rotatable bonds is 10. The van der Waals surface area contributed by atoms with Crippen LogP contribution in [-0.2, 0) is 27.4 Å². The van der Waals surface area contributed by atoms with E-state index < -0.39 is 0 Å². The lowest BCUT2D eigenvalue weighted by Crippen LogP contribution is -2.46. The lowest BCUT2D eigenvalue weighted by atomic mass is 10.1. The van der Waals surface area contributed by atoms with Gasteiger partial charge in [0.2, 0.25) is 0 Å². The van der Waals surface area contributed by atoms with Gasteiger partial charge in [-0.3, -0.25) is 14.6 Å². The molecule has 6 heteroatoms. The molecular weight excluding hydrogens is 378 g/mol. The van der Waals surface area contributed by atoms with Gasteiger partial charge in [-0.1, -0.05) is 29.8 Å². The molecule has 0 unspecified atom stereocenters. The zero-order valence-electron chi connectivity index (χ0n) is 18.5. The predicted octanol–water partition coefficient (Wildman–Crippen LogP) is 2.93. The van der Waals surface area contributed by atoms with Crippen molar-refractivity contribution in [2.24, 2.45) is 0 Å². The summed E-state index contributed by atoms with van der Waals surface area (Å²) in [5.41, 5.74) is 3.75. The monoisotopic (exact) mass is 413 g/mol. The SMILES string of the molecule is CCOC(=O)[C@@H](C)N(CCN1CCOCC1)Cc1cccn1Cc1cccc(C)c1. The largest absolute Gasteiger partial charge is 0.465 e. The fourth-order valence-electron chi connectivity index (χ4n) is 3.88. The van der Waals surface area contributed by atoms with Gasteiger partial charge in [0.15, 0.2) is 0 Å². The number of aromatic nitrogens is 1. The minimum absolute atomic E-state index is 0.156. The molecular formula is C24H35N3O3.